The van der Waals surface area contributed by atoms with Gasteiger partial charge in [0.15, 0.2) is 5.82 Å². The van der Waals surface area contributed by atoms with Crippen LogP contribution in [0.15, 0.2) is 12.1 Å². The van der Waals surface area contributed by atoms with E-state index in [1.807, 2.05) is 0 Å². The summed E-state index contributed by atoms with van der Waals surface area (Å²) in [5.74, 6) is -0.765. The Kier molecular flexibility index (Phi) is 6.59. The molecule has 45 heavy (non-hydrogen) atoms. The minimum absolute atomic E-state index is 0.00161. The predicted molar refractivity (Wildman–Crippen MR) is 156 cm³/mol. The fourth-order valence-corrected chi connectivity index (χ4v) is 8.45. The van der Waals surface area contributed by atoms with Gasteiger partial charge < -0.3 is 34.9 Å². The highest BCUT2D eigenvalue weighted by atomic mass is 35.5. The van der Waals surface area contributed by atoms with Gasteiger partial charge in [0.25, 0.3) is 0 Å². The standard InChI is InChI=1S/C30H31ClF4N6O4/c1-42-13-29-9-28(10-29,12-45-29)11-44-27-39-24-20-25(40-27)41-8-15-2-3-18(37-15)19(41)4-5-43-26(20)38-23(22(24)32)16-6-14(36)7-17(31)21(16)30(33,34)35/h6-7,15,18-19,37H,2-5,8-13,36H2,1H3/t15-,18+,19-,28?,29?/m1/s1. The number of hydrogen-bond acceptors (Lipinski definition) is 10. The fourth-order valence-electron chi connectivity index (χ4n) is 8.12. The third kappa shape index (κ3) is 4.66. The van der Waals surface area contributed by atoms with Crippen molar-refractivity contribution < 1.29 is 36.5 Å². The number of piperazine rings is 1. The van der Waals surface area contributed by atoms with Gasteiger partial charge in [-0.25, -0.2) is 9.37 Å². The SMILES string of the molecule is COCC12CC(COc3nc4c5c(nc(-c6cc(N)cc(Cl)c6C(F)(F)F)c(F)c5n3)OCC[C@@H]3[C@@H]5CC[C@H](CN43)N5)(CO1)C2. The predicted octanol–water partition coefficient (Wildman–Crippen LogP) is 4.75. The maximum absolute atomic E-state index is 16.7. The van der Waals surface area contributed by atoms with E-state index in [0.717, 1.165) is 37.8 Å². The molecule has 2 aromatic heterocycles. The molecule has 5 fully saturated rings. The van der Waals surface area contributed by atoms with Crippen molar-refractivity contribution in [2.24, 2.45) is 5.41 Å². The van der Waals surface area contributed by atoms with Crippen molar-refractivity contribution >= 4 is 34.0 Å². The van der Waals surface area contributed by atoms with Crippen LogP contribution in [0.5, 0.6) is 11.9 Å². The molecule has 3 atom stereocenters. The van der Waals surface area contributed by atoms with Crippen LogP contribution in [0.2, 0.25) is 5.02 Å². The van der Waals surface area contributed by atoms with E-state index in [1.54, 1.807) is 7.11 Å². The van der Waals surface area contributed by atoms with E-state index < -0.39 is 33.8 Å². The molecular formula is C30H31ClF4N6O4. The average molecular weight is 651 g/mol. The molecule has 0 radical (unpaired) electrons. The van der Waals surface area contributed by atoms with Crippen LogP contribution < -0.4 is 25.4 Å². The topological polar surface area (TPSA) is 117 Å². The number of halogens is 5. The first kappa shape index (κ1) is 29.2. The number of anilines is 2. The van der Waals surface area contributed by atoms with Crippen molar-refractivity contribution in [3.05, 3.63) is 28.5 Å². The van der Waals surface area contributed by atoms with E-state index in [0.29, 0.717) is 32.0 Å². The van der Waals surface area contributed by atoms with Crippen molar-refractivity contribution in [1.82, 2.24) is 20.3 Å². The summed E-state index contributed by atoms with van der Waals surface area (Å²) in [6.45, 7) is 2.01. The molecule has 7 heterocycles. The number of aromatic nitrogens is 3. The van der Waals surface area contributed by atoms with Crippen LogP contribution in [-0.4, -0.2) is 78.8 Å². The molecule has 3 N–H and O–H groups in total. The molecule has 0 amide bonds. The third-order valence-corrected chi connectivity index (χ3v) is 10.1. The largest absolute Gasteiger partial charge is 0.477 e. The molecule has 9 rings (SSSR count). The van der Waals surface area contributed by atoms with Gasteiger partial charge in [-0.05, 0) is 37.8 Å². The zero-order chi connectivity index (χ0) is 31.3. The summed E-state index contributed by atoms with van der Waals surface area (Å²) < 4.78 is 83.0. The Morgan fingerprint density at radius 2 is 1.98 bits per heavy atom. The third-order valence-electron chi connectivity index (χ3n) is 9.84. The van der Waals surface area contributed by atoms with Crippen molar-refractivity contribution in [2.45, 2.75) is 62.0 Å². The summed E-state index contributed by atoms with van der Waals surface area (Å²) in [7, 11) is 1.63. The molecule has 0 spiro atoms. The summed E-state index contributed by atoms with van der Waals surface area (Å²) in [6, 6.07) is 2.29. The zero-order valence-corrected chi connectivity index (χ0v) is 25.1. The van der Waals surface area contributed by atoms with Gasteiger partial charge in [0.2, 0.25) is 5.88 Å². The zero-order valence-electron chi connectivity index (χ0n) is 24.3. The van der Waals surface area contributed by atoms with Crippen LogP contribution in [0, 0.1) is 11.2 Å². The number of alkyl halides is 3. The van der Waals surface area contributed by atoms with Gasteiger partial charge >= 0.3 is 12.2 Å². The molecule has 0 unspecified atom stereocenters. The second kappa shape index (κ2) is 10.1. The summed E-state index contributed by atoms with van der Waals surface area (Å²) in [4.78, 5) is 15.7. The normalized spacial score (nSPS) is 30.0. The molecule has 4 saturated heterocycles. The van der Waals surface area contributed by atoms with Gasteiger partial charge in [0, 0.05) is 54.9 Å². The van der Waals surface area contributed by atoms with E-state index >= 15 is 4.39 Å². The number of rotatable bonds is 6. The van der Waals surface area contributed by atoms with Gasteiger partial charge in [0.1, 0.15) is 22.4 Å². The van der Waals surface area contributed by atoms with Crippen LogP contribution >= 0.6 is 11.6 Å². The highest BCUT2D eigenvalue weighted by Gasteiger charge is 2.63. The number of pyridine rings is 1. The quantitative estimate of drug-likeness (QED) is 0.286. The van der Waals surface area contributed by atoms with E-state index in [9.17, 15) is 13.2 Å². The van der Waals surface area contributed by atoms with Crippen LogP contribution in [0.1, 0.15) is 37.7 Å². The Bertz CT molecular complexity index is 1700. The smallest absolute Gasteiger partial charge is 0.418 e. The maximum atomic E-state index is 16.7. The molecule has 6 aliphatic rings. The molecule has 1 saturated carbocycles. The Morgan fingerprint density at radius 3 is 2.76 bits per heavy atom. The van der Waals surface area contributed by atoms with E-state index in [-0.39, 0.29) is 70.8 Å². The van der Waals surface area contributed by atoms with E-state index in [4.69, 9.17) is 41.3 Å². The lowest BCUT2D eigenvalue weighted by atomic mass is 9.63. The lowest BCUT2D eigenvalue weighted by Crippen LogP contribution is -2.59. The number of nitrogens with two attached hydrogens (primary N) is 1. The molecule has 10 nitrogen and oxygen atoms in total. The first-order valence-electron chi connectivity index (χ1n) is 15.0. The van der Waals surface area contributed by atoms with Crippen molar-refractivity contribution in [3.63, 3.8) is 0 Å². The summed E-state index contributed by atoms with van der Waals surface area (Å²) in [5.41, 5.74) is 2.48. The minimum Gasteiger partial charge on any atom is -0.477 e. The van der Waals surface area contributed by atoms with Gasteiger partial charge in [-0.1, -0.05) is 11.6 Å². The number of benzene rings is 1. The van der Waals surface area contributed by atoms with E-state index in [1.165, 1.54) is 0 Å². The first-order chi connectivity index (χ1) is 21.5. The highest BCUT2D eigenvalue weighted by Crippen LogP contribution is 2.58. The van der Waals surface area contributed by atoms with Crippen molar-refractivity contribution in [2.75, 3.05) is 50.7 Å². The lowest BCUT2D eigenvalue weighted by molar-refractivity contribution is -0.137. The molecular weight excluding hydrogens is 620 g/mol. The van der Waals surface area contributed by atoms with E-state index in [2.05, 4.69) is 20.2 Å². The minimum atomic E-state index is -4.92. The van der Waals surface area contributed by atoms with Gasteiger partial charge in [-0.2, -0.15) is 23.1 Å². The molecule has 1 aliphatic carbocycles. The Labute approximate surface area is 260 Å². The number of fused-ring (bicyclic) bond motifs is 6. The summed E-state index contributed by atoms with van der Waals surface area (Å²) in [6.07, 6.45) is -0.874. The lowest BCUT2D eigenvalue weighted by Gasteiger charge is -2.44. The number of methoxy groups -OCH3 is 1. The Balaban J connectivity index is 1.28. The van der Waals surface area contributed by atoms with Crippen LogP contribution in [0.4, 0.5) is 29.1 Å². The molecule has 240 valence electrons. The second-order valence-corrected chi connectivity index (χ2v) is 13.4. The van der Waals surface area contributed by atoms with Gasteiger partial charge in [-0.3, -0.25) is 0 Å². The Hall–Kier alpha value is -3.20. The fraction of sp³-hybridized carbons (Fsp3) is 0.567. The number of ether oxygens (including phenoxy) is 4. The summed E-state index contributed by atoms with van der Waals surface area (Å²) >= 11 is 6.02. The number of nitrogens with one attached hydrogen (secondary N) is 1. The van der Waals surface area contributed by atoms with Gasteiger partial charge in [0.05, 0.1) is 42.6 Å². The van der Waals surface area contributed by atoms with Crippen molar-refractivity contribution in [1.29, 1.82) is 0 Å². The average Bonchev–Trinajstić information content (AvgIpc) is 3.63. The molecule has 1 aromatic carbocycles. The van der Waals surface area contributed by atoms with Gasteiger partial charge in [-0.15, -0.1) is 0 Å². The highest BCUT2D eigenvalue weighted by molar-refractivity contribution is 6.32. The second-order valence-electron chi connectivity index (χ2n) is 13.0. The van der Waals surface area contributed by atoms with Crippen LogP contribution in [0.25, 0.3) is 22.2 Å². The molecule has 4 bridgehead atoms. The van der Waals surface area contributed by atoms with Crippen molar-refractivity contribution in [3.8, 4) is 23.1 Å². The van der Waals surface area contributed by atoms with Crippen LogP contribution in [0.3, 0.4) is 0 Å². The summed E-state index contributed by atoms with van der Waals surface area (Å²) in [5, 5.41) is 3.17. The molecule has 3 aromatic rings. The molecule has 15 heteroatoms. The van der Waals surface area contributed by atoms with Crippen LogP contribution in [-0.2, 0) is 15.7 Å². The maximum Gasteiger partial charge on any atom is 0.418 e. The number of nitrogens with zero attached hydrogens (tertiary/aromatic N) is 4. The first-order valence-corrected chi connectivity index (χ1v) is 15.3. The monoisotopic (exact) mass is 650 g/mol. The Morgan fingerprint density at radius 1 is 1.16 bits per heavy atom. The number of hydrogen-bond donors (Lipinski definition) is 2. The number of nitrogen functional groups attached to an aromatic ring is 1. The molecule has 5 aliphatic heterocycles.